The maximum atomic E-state index is 11.3. The van der Waals surface area contributed by atoms with Crippen molar-refractivity contribution >= 4 is 6.29 Å². The van der Waals surface area contributed by atoms with Crippen LogP contribution in [0.4, 0.5) is 0 Å². The zero-order valence-electron chi connectivity index (χ0n) is 13.8. The Balaban J connectivity index is 2.15. The number of imidazole rings is 1. The summed E-state index contributed by atoms with van der Waals surface area (Å²) in [5.74, 6) is 1.94. The van der Waals surface area contributed by atoms with Crippen LogP contribution in [0, 0.1) is 0 Å². The summed E-state index contributed by atoms with van der Waals surface area (Å²) in [7, 11) is 5.10. The van der Waals surface area contributed by atoms with Crippen LogP contribution >= 0.6 is 0 Å². The van der Waals surface area contributed by atoms with Gasteiger partial charge in [0.15, 0.2) is 12.1 Å². The number of benzene rings is 2. The van der Waals surface area contributed by atoms with Crippen LogP contribution in [0.15, 0.2) is 48.5 Å². The Kier molecular flexibility index (Phi) is 4.33. The van der Waals surface area contributed by atoms with Crippen LogP contribution in [0.1, 0.15) is 10.6 Å². The van der Waals surface area contributed by atoms with Crippen molar-refractivity contribution in [2.24, 2.45) is 7.05 Å². The molecule has 5 nitrogen and oxygen atoms in total. The number of aldehydes is 1. The predicted molar refractivity (Wildman–Crippen MR) is 92.6 cm³/mol. The number of methoxy groups -OCH3 is 2. The van der Waals surface area contributed by atoms with E-state index in [1.807, 2.05) is 55.6 Å². The third-order valence-electron chi connectivity index (χ3n) is 3.96. The normalized spacial score (nSPS) is 10.5. The van der Waals surface area contributed by atoms with E-state index < -0.39 is 0 Å². The zero-order chi connectivity index (χ0) is 17.1. The van der Waals surface area contributed by atoms with Crippen LogP contribution in [-0.2, 0) is 7.05 Å². The minimum atomic E-state index is 0.381. The minimum Gasteiger partial charge on any atom is -0.497 e. The summed E-state index contributed by atoms with van der Waals surface area (Å²) in [5, 5.41) is 0. The Morgan fingerprint density at radius 1 is 0.875 bits per heavy atom. The van der Waals surface area contributed by atoms with E-state index in [1.165, 1.54) is 0 Å². The third kappa shape index (κ3) is 2.76. The number of nitrogens with zero attached hydrogens (tertiary/aromatic N) is 2. The molecule has 0 spiro atoms. The second-order valence-corrected chi connectivity index (χ2v) is 5.30. The number of rotatable bonds is 5. The second kappa shape index (κ2) is 6.58. The van der Waals surface area contributed by atoms with Crippen molar-refractivity contribution in [1.29, 1.82) is 0 Å². The van der Waals surface area contributed by atoms with Crippen LogP contribution in [-0.4, -0.2) is 30.1 Å². The van der Waals surface area contributed by atoms with Gasteiger partial charge in [0.05, 0.1) is 25.6 Å². The van der Waals surface area contributed by atoms with E-state index in [9.17, 15) is 4.79 Å². The standard InChI is InChI=1S/C19H18N2O3/c1-21-17(12-22)20-18(13-4-8-15(23-2)9-5-13)19(21)14-6-10-16(24-3)11-7-14/h4-12H,1-3H3. The summed E-state index contributed by atoms with van der Waals surface area (Å²) in [6.45, 7) is 0. The van der Waals surface area contributed by atoms with Gasteiger partial charge in [-0.25, -0.2) is 4.98 Å². The molecule has 0 saturated heterocycles. The lowest BCUT2D eigenvalue weighted by Gasteiger charge is -2.08. The lowest BCUT2D eigenvalue weighted by Crippen LogP contribution is -1.98. The maximum Gasteiger partial charge on any atom is 0.185 e. The molecule has 1 aromatic heterocycles. The van der Waals surface area contributed by atoms with Crippen LogP contribution in [0.5, 0.6) is 11.5 Å². The highest BCUT2D eigenvalue weighted by atomic mass is 16.5. The Morgan fingerprint density at radius 3 is 1.83 bits per heavy atom. The average molecular weight is 322 g/mol. The molecule has 24 heavy (non-hydrogen) atoms. The molecule has 1 heterocycles. The molecule has 0 fully saturated rings. The summed E-state index contributed by atoms with van der Waals surface area (Å²) in [4.78, 5) is 15.8. The van der Waals surface area contributed by atoms with Crippen molar-refractivity contribution in [2.45, 2.75) is 0 Å². The molecule has 0 unspecified atom stereocenters. The van der Waals surface area contributed by atoms with Crippen molar-refractivity contribution < 1.29 is 14.3 Å². The summed E-state index contributed by atoms with van der Waals surface area (Å²) in [6.07, 6.45) is 0.764. The fourth-order valence-corrected chi connectivity index (χ4v) is 2.65. The van der Waals surface area contributed by atoms with E-state index in [0.29, 0.717) is 5.82 Å². The molecule has 3 aromatic rings. The first-order valence-corrected chi connectivity index (χ1v) is 7.48. The monoisotopic (exact) mass is 322 g/mol. The number of ether oxygens (including phenoxy) is 2. The summed E-state index contributed by atoms with van der Waals surface area (Å²) in [5.41, 5.74) is 3.52. The van der Waals surface area contributed by atoms with E-state index in [1.54, 1.807) is 18.8 Å². The molecule has 0 atom stereocenters. The molecule has 0 N–H and O–H groups in total. The molecule has 3 rings (SSSR count). The number of hydrogen-bond acceptors (Lipinski definition) is 4. The molecular weight excluding hydrogens is 304 g/mol. The van der Waals surface area contributed by atoms with Gasteiger partial charge in [-0.15, -0.1) is 0 Å². The second-order valence-electron chi connectivity index (χ2n) is 5.30. The molecule has 0 amide bonds. The van der Waals surface area contributed by atoms with Crippen molar-refractivity contribution in [3.8, 4) is 34.0 Å². The quantitative estimate of drug-likeness (QED) is 0.674. The third-order valence-corrected chi connectivity index (χ3v) is 3.96. The zero-order valence-corrected chi connectivity index (χ0v) is 13.8. The molecule has 0 radical (unpaired) electrons. The van der Waals surface area contributed by atoms with Crippen LogP contribution in [0.3, 0.4) is 0 Å². The molecular formula is C19H18N2O3. The molecule has 5 heteroatoms. The minimum absolute atomic E-state index is 0.381. The van der Waals surface area contributed by atoms with Crippen LogP contribution in [0.2, 0.25) is 0 Å². The fraction of sp³-hybridized carbons (Fsp3) is 0.158. The van der Waals surface area contributed by atoms with Crippen molar-refractivity contribution in [3.63, 3.8) is 0 Å². The van der Waals surface area contributed by atoms with E-state index in [-0.39, 0.29) is 0 Å². The Hall–Kier alpha value is -3.08. The van der Waals surface area contributed by atoms with Crippen molar-refractivity contribution in [1.82, 2.24) is 9.55 Å². The highest BCUT2D eigenvalue weighted by Gasteiger charge is 2.17. The summed E-state index contributed by atoms with van der Waals surface area (Å²) >= 11 is 0. The molecule has 0 saturated carbocycles. The Labute approximate surface area is 140 Å². The van der Waals surface area contributed by atoms with Gasteiger partial charge in [0.25, 0.3) is 0 Å². The SMILES string of the molecule is COc1ccc(-c2nc(C=O)n(C)c2-c2ccc(OC)cc2)cc1. The van der Waals surface area contributed by atoms with Gasteiger partial charge in [0.2, 0.25) is 0 Å². The summed E-state index contributed by atoms with van der Waals surface area (Å²) in [6, 6.07) is 15.3. The number of carbonyl (C=O) groups excluding carboxylic acids is 1. The predicted octanol–water partition coefficient (Wildman–Crippen LogP) is 3.58. The Bertz CT molecular complexity index is 850. The summed E-state index contributed by atoms with van der Waals surface area (Å²) < 4.78 is 12.2. The van der Waals surface area contributed by atoms with E-state index in [0.717, 1.165) is 40.3 Å². The van der Waals surface area contributed by atoms with Gasteiger partial charge in [-0.05, 0) is 48.5 Å². The molecule has 2 aromatic carbocycles. The average Bonchev–Trinajstić information content (AvgIpc) is 2.98. The van der Waals surface area contributed by atoms with E-state index in [4.69, 9.17) is 9.47 Å². The first-order valence-electron chi connectivity index (χ1n) is 7.48. The topological polar surface area (TPSA) is 53.3 Å². The fourth-order valence-electron chi connectivity index (χ4n) is 2.65. The van der Waals surface area contributed by atoms with Gasteiger partial charge in [0.1, 0.15) is 11.5 Å². The van der Waals surface area contributed by atoms with E-state index >= 15 is 0 Å². The number of carbonyl (C=O) groups is 1. The number of hydrogen-bond donors (Lipinski definition) is 0. The largest absolute Gasteiger partial charge is 0.497 e. The lowest BCUT2D eigenvalue weighted by molar-refractivity contribution is 0.111. The van der Waals surface area contributed by atoms with Crippen molar-refractivity contribution in [2.75, 3.05) is 14.2 Å². The molecule has 0 aliphatic carbocycles. The molecule has 122 valence electrons. The van der Waals surface area contributed by atoms with Crippen LogP contribution < -0.4 is 9.47 Å². The van der Waals surface area contributed by atoms with Gasteiger partial charge in [-0.3, -0.25) is 4.79 Å². The van der Waals surface area contributed by atoms with Crippen LogP contribution in [0.25, 0.3) is 22.5 Å². The maximum absolute atomic E-state index is 11.3. The first-order chi connectivity index (χ1) is 11.7. The van der Waals surface area contributed by atoms with Gasteiger partial charge in [0, 0.05) is 18.2 Å². The van der Waals surface area contributed by atoms with Gasteiger partial charge in [-0.2, -0.15) is 0 Å². The van der Waals surface area contributed by atoms with Gasteiger partial charge < -0.3 is 14.0 Å². The smallest absolute Gasteiger partial charge is 0.185 e. The number of aromatic nitrogens is 2. The first kappa shape index (κ1) is 15.8. The molecule has 0 aliphatic rings. The molecule has 0 aliphatic heterocycles. The lowest BCUT2D eigenvalue weighted by atomic mass is 10.0. The highest BCUT2D eigenvalue weighted by molar-refractivity contribution is 5.83. The molecule has 0 bridgehead atoms. The Morgan fingerprint density at radius 2 is 1.38 bits per heavy atom. The van der Waals surface area contributed by atoms with Gasteiger partial charge in [-0.1, -0.05) is 0 Å². The van der Waals surface area contributed by atoms with Crippen molar-refractivity contribution in [3.05, 3.63) is 54.4 Å². The van der Waals surface area contributed by atoms with E-state index in [2.05, 4.69) is 4.98 Å². The van der Waals surface area contributed by atoms with Gasteiger partial charge >= 0.3 is 0 Å². The highest BCUT2D eigenvalue weighted by Crippen LogP contribution is 2.33.